The number of carbonyl (C=O) groups is 1. The lowest BCUT2D eigenvalue weighted by molar-refractivity contribution is -0.117. The number of likely N-dealkylation sites (tertiary alicyclic amines) is 1. The Balaban J connectivity index is 1.55. The van der Waals surface area contributed by atoms with Crippen molar-refractivity contribution in [3.05, 3.63) is 42.7 Å². The van der Waals surface area contributed by atoms with Crippen LogP contribution in [0.15, 0.2) is 36.9 Å². The van der Waals surface area contributed by atoms with Gasteiger partial charge in [-0.2, -0.15) is 0 Å². The average Bonchev–Trinajstić information content (AvgIpc) is 3.18. The van der Waals surface area contributed by atoms with Gasteiger partial charge in [0.25, 0.3) is 0 Å². The van der Waals surface area contributed by atoms with Gasteiger partial charge in [0, 0.05) is 44.6 Å². The Bertz CT molecular complexity index is 683. The van der Waals surface area contributed by atoms with Gasteiger partial charge in [0.15, 0.2) is 0 Å². The average molecular weight is 297 g/mol. The number of hydrogen-bond acceptors (Lipinski definition) is 4. The molecule has 2 atom stereocenters. The van der Waals surface area contributed by atoms with E-state index in [9.17, 15) is 4.79 Å². The van der Waals surface area contributed by atoms with Crippen LogP contribution in [0.5, 0.6) is 0 Å². The monoisotopic (exact) mass is 297 g/mol. The summed E-state index contributed by atoms with van der Waals surface area (Å²) in [7, 11) is 2.01. The summed E-state index contributed by atoms with van der Waals surface area (Å²) in [5.74, 6) is 1.25. The van der Waals surface area contributed by atoms with E-state index < -0.39 is 0 Å². The van der Waals surface area contributed by atoms with Crippen LogP contribution in [0.1, 0.15) is 18.7 Å². The quantitative estimate of drug-likeness (QED) is 0.854. The molecule has 2 aliphatic rings. The molecular weight excluding hydrogens is 278 g/mol. The zero-order chi connectivity index (χ0) is 15.1. The Kier molecular flexibility index (Phi) is 3.18. The van der Waals surface area contributed by atoms with Gasteiger partial charge in [-0.05, 0) is 18.6 Å². The molecule has 6 nitrogen and oxygen atoms in total. The van der Waals surface area contributed by atoms with Crippen molar-refractivity contribution in [3.63, 3.8) is 0 Å². The lowest BCUT2D eigenvalue weighted by Gasteiger charge is -2.25. The first kappa shape index (κ1) is 13.5. The van der Waals surface area contributed by atoms with Gasteiger partial charge in [0.05, 0.1) is 24.5 Å². The summed E-state index contributed by atoms with van der Waals surface area (Å²) in [6.07, 6.45) is 8.90. The van der Waals surface area contributed by atoms with Gasteiger partial charge in [-0.25, -0.2) is 4.98 Å². The SMILES string of the molecule is Cn1ccnc1CN1CCC2C1CC(=O)N2c1cccnc1. The highest BCUT2D eigenvalue weighted by atomic mass is 16.2. The molecule has 2 saturated heterocycles. The zero-order valence-corrected chi connectivity index (χ0v) is 12.6. The van der Waals surface area contributed by atoms with E-state index in [-0.39, 0.29) is 18.0 Å². The van der Waals surface area contributed by atoms with Crippen LogP contribution in [0.2, 0.25) is 0 Å². The predicted octanol–water partition coefficient (Wildman–Crippen LogP) is 1.19. The molecule has 0 aromatic carbocycles. The summed E-state index contributed by atoms with van der Waals surface area (Å²) in [5.41, 5.74) is 0.916. The van der Waals surface area contributed by atoms with Gasteiger partial charge in [0.1, 0.15) is 5.82 Å². The molecule has 0 saturated carbocycles. The number of carbonyl (C=O) groups excluding carboxylic acids is 1. The maximum atomic E-state index is 12.5. The minimum Gasteiger partial charge on any atom is -0.337 e. The highest BCUT2D eigenvalue weighted by Crippen LogP contribution is 2.36. The molecule has 2 aromatic rings. The number of rotatable bonds is 3. The van der Waals surface area contributed by atoms with E-state index in [1.165, 1.54) is 0 Å². The Hall–Kier alpha value is -2.21. The summed E-state index contributed by atoms with van der Waals surface area (Å²) in [5, 5.41) is 0. The van der Waals surface area contributed by atoms with Crippen molar-refractivity contribution in [1.82, 2.24) is 19.4 Å². The maximum Gasteiger partial charge on any atom is 0.229 e. The van der Waals surface area contributed by atoms with E-state index in [4.69, 9.17) is 0 Å². The van der Waals surface area contributed by atoms with Gasteiger partial charge in [-0.1, -0.05) is 0 Å². The van der Waals surface area contributed by atoms with E-state index in [0.29, 0.717) is 6.42 Å². The maximum absolute atomic E-state index is 12.5. The summed E-state index contributed by atoms with van der Waals surface area (Å²) in [6, 6.07) is 4.40. The number of pyridine rings is 1. The number of aryl methyl sites for hydroxylation is 1. The fourth-order valence-electron chi connectivity index (χ4n) is 3.69. The lowest BCUT2D eigenvalue weighted by Crippen LogP contribution is -2.37. The van der Waals surface area contributed by atoms with Crippen LogP contribution in [-0.2, 0) is 18.4 Å². The molecule has 0 N–H and O–H groups in total. The van der Waals surface area contributed by atoms with E-state index in [2.05, 4.69) is 14.9 Å². The summed E-state index contributed by atoms with van der Waals surface area (Å²) < 4.78 is 2.04. The van der Waals surface area contributed by atoms with E-state index in [0.717, 1.165) is 31.0 Å². The Morgan fingerprint density at radius 2 is 2.23 bits per heavy atom. The zero-order valence-electron chi connectivity index (χ0n) is 12.6. The van der Waals surface area contributed by atoms with Crippen molar-refractivity contribution >= 4 is 11.6 Å². The molecule has 4 rings (SSSR count). The van der Waals surface area contributed by atoms with Gasteiger partial charge in [-0.3, -0.25) is 14.7 Å². The molecule has 2 fully saturated rings. The molecule has 0 radical (unpaired) electrons. The highest BCUT2D eigenvalue weighted by molar-refractivity contribution is 5.97. The number of aromatic nitrogens is 3. The molecule has 2 unspecified atom stereocenters. The third kappa shape index (κ3) is 2.11. The molecule has 0 bridgehead atoms. The van der Waals surface area contributed by atoms with E-state index in [1.54, 1.807) is 12.4 Å². The van der Waals surface area contributed by atoms with E-state index >= 15 is 0 Å². The number of hydrogen-bond donors (Lipinski definition) is 0. The van der Waals surface area contributed by atoms with Gasteiger partial charge in [-0.15, -0.1) is 0 Å². The second-order valence-electron chi connectivity index (χ2n) is 6.03. The summed E-state index contributed by atoms with van der Waals surface area (Å²) >= 11 is 0. The van der Waals surface area contributed by atoms with Crippen LogP contribution in [0.25, 0.3) is 0 Å². The smallest absolute Gasteiger partial charge is 0.229 e. The number of imidazole rings is 1. The summed E-state index contributed by atoms with van der Waals surface area (Å²) in [4.78, 5) is 25.3. The van der Waals surface area contributed by atoms with Crippen molar-refractivity contribution in [2.75, 3.05) is 11.4 Å². The minimum atomic E-state index is 0.201. The molecule has 114 valence electrons. The highest BCUT2D eigenvalue weighted by Gasteiger charge is 2.47. The van der Waals surface area contributed by atoms with Crippen LogP contribution < -0.4 is 4.90 Å². The molecule has 2 aliphatic heterocycles. The van der Waals surface area contributed by atoms with Crippen LogP contribution >= 0.6 is 0 Å². The van der Waals surface area contributed by atoms with Crippen molar-refractivity contribution < 1.29 is 4.79 Å². The van der Waals surface area contributed by atoms with Gasteiger partial charge >= 0.3 is 0 Å². The third-order valence-electron chi connectivity index (χ3n) is 4.80. The molecule has 2 aromatic heterocycles. The van der Waals surface area contributed by atoms with Crippen LogP contribution in [-0.4, -0.2) is 44.0 Å². The first-order valence-corrected chi connectivity index (χ1v) is 7.66. The number of nitrogens with zero attached hydrogens (tertiary/aromatic N) is 5. The minimum absolute atomic E-state index is 0.201. The fraction of sp³-hybridized carbons (Fsp3) is 0.438. The Labute approximate surface area is 129 Å². The first-order valence-electron chi connectivity index (χ1n) is 7.66. The van der Waals surface area contributed by atoms with Crippen molar-refractivity contribution in [2.24, 2.45) is 7.05 Å². The van der Waals surface area contributed by atoms with Gasteiger partial charge < -0.3 is 9.47 Å². The Morgan fingerprint density at radius 3 is 2.95 bits per heavy atom. The summed E-state index contributed by atoms with van der Waals surface area (Å²) in [6.45, 7) is 1.81. The number of fused-ring (bicyclic) bond motifs is 1. The van der Waals surface area contributed by atoms with Crippen LogP contribution in [0, 0.1) is 0 Å². The lowest BCUT2D eigenvalue weighted by atomic mass is 10.1. The predicted molar refractivity (Wildman–Crippen MR) is 82.2 cm³/mol. The van der Waals surface area contributed by atoms with Crippen molar-refractivity contribution in [3.8, 4) is 0 Å². The standard InChI is InChI=1S/C16H19N5O/c1-19-8-6-18-15(19)11-20-7-4-13-14(20)9-16(22)21(13)12-3-2-5-17-10-12/h2-3,5-6,8,10,13-14H,4,7,9,11H2,1H3. The molecule has 1 amide bonds. The second-order valence-corrected chi connectivity index (χ2v) is 6.03. The first-order chi connectivity index (χ1) is 10.7. The molecule has 4 heterocycles. The normalized spacial score (nSPS) is 25.0. The van der Waals surface area contributed by atoms with Crippen LogP contribution in [0.3, 0.4) is 0 Å². The fourth-order valence-corrected chi connectivity index (χ4v) is 3.69. The molecular formula is C16H19N5O. The van der Waals surface area contributed by atoms with Crippen molar-refractivity contribution in [2.45, 2.75) is 31.5 Å². The van der Waals surface area contributed by atoms with Crippen LogP contribution in [0.4, 0.5) is 5.69 Å². The largest absolute Gasteiger partial charge is 0.337 e. The molecule has 6 heteroatoms. The topological polar surface area (TPSA) is 54.3 Å². The molecule has 0 aliphatic carbocycles. The second kappa shape index (κ2) is 5.21. The number of anilines is 1. The molecule has 22 heavy (non-hydrogen) atoms. The number of amides is 1. The Morgan fingerprint density at radius 1 is 1.32 bits per heavy atom. The third-order valence-corrected chi connectivity index (χ3v) is 4.80. The van der Waals surface area contributed by atoms with Gasteiger partial charge in [0.2, 0.25) is 5.91 Å². The molecule has 0 spiro atoms. The van der Waals surface area contributed by atoms with E-state index in [1.807, 2.05) is 41.0 Å². The van der Waals surface area contributed by atoms with Crippen molar-refractivity contribution in [1.29, 1.82) is 0 Å².